The van der Waals surface area contributed by atoms with Crippen LogP contribution in [0.2, 0.25) is 0 Å². The van der Waals surface area contributed by atoms with Crippen LogP contribution < -0.4 is 11.1 Å². The number of hydrogen-bond donors (Lipinski definition) is 2. The number of nitrogens with one attached hydrogen (secondary N) is 1. The van der Waals surface area contributed by atoms with E-state index in [2.05, 4.69) is 16.4 Å². The Kier molecular flexibility index (Phi) is 7.31. The molecule has 1 aliphatic rings. The molecule has 3 N–H and O–H groups in total. The minimum atomic E-state index is -0.437. The molecule has 7 nitrogen and oxygen atoms in total. The Bertz CT molecular complexity index is 950. The van der Waals surface area contributed by atoms with E-state index in [1.165, 1.54) is 17.8 Å². The number of para-hydroxylation sites is 1. The third kappa shape index (κ3) is 5.30. The Labute approximate surface area is 180 Å². The van der Waals surface area contributed by atoms with Gasteiger partial charge in [0.1, 0.15) is 16.9 Å². The first-order valence-corrected chi connectivity index (χ1v) is 10.9. The zero-order chi connectivity index (χ0) is 21.5. The molecule has 1 aliphatic heterocycles. The summed E-state index contributed by atoms with van der Waals surface area (Å²) in [7, 11) is 0. The van der Waals surface area contributed by atoms with Crippen molar-refractivity contribution in [2.24, 2.45) is 0 Å². The minimum Gasteiger partial charge on any atom is -0.383 e. The average molecular weight is 424 g/mol. The van der Waals surface area contributed by atoms with Gasteiger partial charge < -0.3 is 16.0 Å². The maximum atomic E-state index is 12.8. The normalized spacial score (nSPS) is 15.0. The first-order chi connectivity index (χ1) is 14.5. The molecule has 3 rings (SSSR count). The number of amides is 2. The molecule has 1 saturated heterocycles. The van der Waals surface area contributed by atoms with Crippen LogP contribution in [0, 0.1) is 11.3 Å². The third-order valence-corrected chi connectivity index (χ3v) is 6.06. The highest BCUT2D eigenvalue weighted by molar-refractivity contribution is 8.00. The van der Waals surface area contributed by atoms with Crippen molar-refractivity contribution in [2.45, 2.75) is 42.9 Å². The number of anilines is 2. The van der Waals surface area contributed by atoms with E-state index in [4.69, 9.17) is 5.73 Å². The summed E-state index contributed by atoms with van der Waals surface area (Å²) in [5, 5.41) is 12.3. The van der Waals surface area contributed by atoms with Gasteiger partial charge in [-0.3, -0.25) is 9.59 Å². The quantitative estimate of drug-likeness (QED) is 0.710. The summed E-state index contributed by atoms with van der Waals surface area (Å²) in [4.78, 5) is 31.6. The number of nitrogen functional groups attached to an aromatic ring is 1. The molecule has 30 heavy (non-hydrogen) atoms. The molecule has 1 fully saturated rings. The number of nitrogens with zero attached hydrogens (tertiary/aromatic N) is 3. The van der Waals surface area contributed by atoms with Gasteiger partial charge in [0.2, 0.25) is 5.91 Å². The number of aromatic nitrogens is 1. The van der Waals surface area contributed by atoms with E-state index in [1.807, 2.05) is 17.9 Å². The van der Waals surface area contributed by atoms with E-state index in [0.29, 0.717) is 10.7 Å². The van der Waals surface area contributed by atoms with Gasteiger partial charge in [-0.05, 0) is 38.0 Å². The maximum Gasteiger partial charge on any atom is 0.259 e. The van der Waals surface area contributed by atoms with E-state index in [-0.39, 0.29) is 22.9 Å². The fourth-order valence-electron chi connectivity index (χ4n) is 3.35. The van der Waals surface area contributed by atoms with Gasteiger partial charge in [-0.1, -0.05) is 42.8 Å². The second-order valence-corrected chi connectivity index (χ2v) is 8.53. The van der Waals surface area contributed by atoms with Crippen molar-refractivity contribution in [3.63, 3.8) is 0 Å². The molecule has 0 aliphatic carbocycles. The van der Waals surface area contributed by atoms with Crippen LogP contribution in [0.15, 0.2) is 41.4 Å². The highest BCUT2D eigenvalue weighted by atomic mass is 32.2. The summed E-state index contributed by atoms with van der Waals surface area (Å²) in [6, 6.07) is 12.5. The van der Waals surface area contributed by atoms with Crippen LogP contribution in [0.5, 0.6) is 0 Å². The zero-order valence-corrected chi connectivity index (χ0v) is 17.7. The predicted octanol–water partition coefficient (Wildman–Crippen LogP) is 3.67. The van der Waals surface area contributed by atoms with Crippen molar-refractivity contribution in [3.8, 4) is 6.07 Å². The third-order valence-electron chi connectivity index (χ3n) is 4.97. The standard InChI is InChI=1S/C22H25N5O2S/c1-15(22(29)27-11-7-2-3-8-12-27)30-21-16(14-23)13-18(19(24)26-21)20(28)25-17-9-5-4-6-10-17/h4-6,9-10,13,15H,2-3,7-8,11-12H2,1H3,(H2,24,26)(H,25,28). The molecule has 2 amide bonds. The lowest BCUT2D eigenvalue weighted by Crippen LogP contribution is -2.37. The van der Waals surface area contributed by atoms with Crippen molar-refractivity contribution in [2.75, 3.05) is 24.1 Å². The van der Waals surface area contributed by atoms with Gasteiger partial charge in [0, 0.05) is 18.8 Å². The molecule has 2 heterocycles. The number of carbonyl (C=O) groups is 2. The highest BCUT2D eigenvalue weighted by Gasteiger charge is 2.25. The van der Waals surface area contributed by atoms with Crippen LogP contribution in [0.3, 0.4) is 0 Å². The first-order valence-electron chi connectivity index (χ1n) is 10.0. The van der Waals surface area contributed by atoms with Gasteiger partial charge in [0.25, 0.3) is 5.91 Å². The second kappa shape index (κ2) is 10.1. The Morgan fingerprint density at radius 1 is 1.20 bits per heavy atom. The fourth-order valence-corrected chi connectivity index (χ4v) is 4.31. The van der Waals surface area contributed by atoms with E-state index < -0.39 is 11.2 Å². The van der Waals surface area contributed by atoms with Crippen LogP contribution in [-0.4, -0.2) is 40.0 Å². The number of thioether (sulfide) groups is 1. The maximum absolute atomic E-state index is 12.8. The molecule has 1 atom stereocenters. The van der Waals surface area contributed by atoms with Gasteiger partial charge in [0.05, 0.1) is 16.4 Å². The molecule has 0 radical (unpaired) electrons. The monoisotopic (exact) mass is 423 g/mol. The summed E-state index contributed by atoms with van der Waals surface area (Å²) in [5.74, 6) is -0.371. The van der Waals surface area contributed by atoms with Crippen molar-refractivity contribution >= 4 is 35.1 Å². The van der Waals surface area contributed by atoms with E-state index in [0.717, 1.165) is 38.8 Å². The van der Waals surface area contributed by atoms with E-state index in [9.17, 15) is 14.9 Å². The number of pyridine rings is 1. The van der Waals surface area contributed by atoms with Crippen molar-refractivity contribution < 1.29 is 9.59 Å². The Hall–Kier alpha value is -3.05. The van der Waals surface area contributed by atoms with Gasteiger partial charge in [-0.2, -0.15) is 5.26 Å². The molecular weight excluding hydrogens is 398 g/mol. The fraction of sp³-hybridized carbons (Fsp3) is 0.364. The van der Waals surface area contributed by atoms with E-state index in [1.54, 1.807) is 24.3 Å². The van der Waals surface area contributed by atoms with Crippen molar-refractivity contribution in [1.82, 2.24) is 9.88 Å². The minimum absolute atomic E-state index is 0.0272. The average Bonchev–Trinajstić information content (AvgIpc) is 3.03. The van der Waals surface area contributed by atoms with Crippen LogP contribution in [0.25, 0.3) is 0 Å². The largest absolute Gasteiger partial charge is 0.383 e. The molecule has 0 saturated carbocycles. The molecule has 2 aromatic rings. The summed E-state index contributed by atoms with van der Waals surface area (Å²) < 4.78 is 0. The number of nitrogens with two attached hydrogens (primary N) is 1. The van der Waals surface area contributed by atoms with Gasteiger partial charge in [0.15, 0.2) is 0 Å². The number of carbonyl (C=O) groups excluding carboxylic acids is 2. The lowest BCUT2D eigenvalue weighted by Gasteiger charge is -2.24. The van der Waals surface area contributed by atoms with Gasteiger partial charge in [-0.15, -0.1) is 0 Å². The molecule has 1 aromatic carbocycles. The van der Waals surface area contributed by atoms with E-state index >= 15 is 0 Å². The van der Waals surface area contributed by atoms with Gasteiger partial charge >= 0.3 is 0 Å². The molecule has 156 valence electrons. The molecule has 0 spiro atoms. The first kappa shape index (κ1) is 21.7. The molecule has 1 unspecified atom stereocenters. The molecular formula is C22H25N5O2S. The van der Waals surface area contributed by atoms with Crippen LogP contribution in [0.4, 0.5) is 11.5 Å². The van der Waals surface area contributed by atoms with Crippen LogP contribution >= 0.6 is 11.8 Å². The summed E-state index contributed by atoms with van der Waals surface area (Å²) in [5.41, 5.74) is 7.00. The lowest BCUT2D eigenvalue weighted by atomic mass is 10.2. The lowest BCUT2D eigenvalue weighted by molar-refractivity contribution is -0.130. The second-order valence-electron chi connectivity index (χ2n) is 7.21. The van der Waals surface area contributed by atoms with Crippen LogP contribution in [-0.2, 0) is 4.79 Å². The SMILES string of the molecule is CC(Sc1nc(N)c(C(=O)Nc2ccccc2)cc1C#N)C(=O)N1CCCCCC1. The summed E-state index contributed by atoms with van der Waals surface area (Å²) in [6.07, 6.45) is 4.33. The molecule has 8 heteroatoms. The van der Waals surface area contributed by atoms with Crippen LogP contribution in [0.1, 0.15) is 48.5 Å². The molecule has 1 aromatic heterocycles. The Morgan fingerprint density at radius 3 is 2.50 bits per heavy atom. The number of benzene rings is 1. The van der Waals surface area contributed by atoms with Crippen molar-refractivity contribution in [1.29, 1.82) is 5.26 Å². The van der Waals surface area contributed by atoms with Gasteiger partial charge in [-0.25, -0.2) is 4.98 Å². The summed E-state index contributed by atoms with van der Waals surface area (Å²) >= 11 is 1.21. The Balaban J connectivity index is 1.75. The summed E-state index contributed by atoms with van der Waals surface area (Å²) in [6.45, 7) is 3.35. The number of hydrogen-bond acceptors (Lipinski definition) is 6. The zero-order valence-electron chi connectivity index (χ0n) is 16.9. The number of nitriles is 1. The smallest absolute Gasteiger partial charge is 0.259 e. The Morgan fingerprint density at radius 2 is 1.87 bits per heavy atom. The van der Waals surface area contributed by atoms with Crippen molar-refractivity contribution in [3.05, 3.63) is 47.5 Å². The number of likely N-dealkylation sites (tertiary alicyclic amines) is 1. The highest BCUT2D eigenvalue weighted by Crippen LogP contribution is 2.29. The molecule has 0 bridgehead atoms. The number of rotatable bonds is 5. The predicted molar refractivity (Wildman–Crippen MR) is 118 cm³/mol. The topological polar surface area (TPSA) is 112 Å².